The first-order chi connectivity index (χ1) is 13.5. The fourth-order valence-corrected chi connectivity index (χ4v) is 3.60. The highest BCUT2D eigenvalue weighted by Gasteiger charge is 2.26. The van der Waals surface area contributed by atoms with Crippen molar-refractivity contribution >= 4 is 11.8 Å². The predicted molar refractivity (Wildman–Crippen MR) is 107 cm³/mol. The molecule has 148 valence electrons. The fraction of sp³-hybridized carbons (Fsp3) is 0.391. The van der Waals surface area contributed by atoms with Gasteiger partial charge in [-0.1, -0.05) is 42.5 Å². The summed E-state index contributed by atoms with van der Waals surface area (Å²) in [5, 5.41) is 2.94. The molecule has 0 aromatic heterocycles. The number of benzene rings is 2. The number of amides is 2. The first-order valence-electron chi connectivity index (χ1n) is 9.87. The van der Waals surface area contributed by atoms with E-state index in [4.69, 9.17) is 0 Å². The lowest BCUT2D eigenvalue weighted by Crippen LogP contribution is -2.43. The average Bonchev–Trinajstić information content (AvgIpc) is 2.73. The molecule has 0 atom stereocenters. The van der Waals surface area contributed by atoms with Gasteiger partial charge in [0, 0.05) is 32.0 Å². The molecule has 0 unspecified atom stereocenters. The lowest BCUT2D eigenvalue weighted by molar-refractivity contribution is -0.135. The summed E-state index contributed by atoms with van der Waals surface area (Å²) in [6.45, 7) is 3.37. The quantitative estimate of drug-likeness (QED) is 0.830. The van der Waals surface area contributed by atoms with E-state index in [-0.39, 0.29) is 23.5 Å². The Morgan fingerprint density at radius 3 is 2.46 bits per heavy atom. The summed E-state index contributed by atoms with van der Waals surface area (Å²) in [6, 6.07) is 14.9. The van der Waals surface area contributed by atoms with E-state index in [1.165, 1.54) is 11.6 Å². The number of aryl methyl sites for hydroxylation is 2. The molecule has 4 nitrogen and oxygen atoms in total. The molecule has 1 fully saturated rings. The highest BCUT2D eigenvalue weighted by molar-refractivity contribution is 5.80. The monoisotopic (exact) mass is 382 g/mol. The number of likely N-dealkylation sites (tertiary alicyclic amines) is 1. The second-order valence-corrected chi connectivity index (χ2v) is 7.44. The third-order valence-corrected chi connectivity index (χ3v) is 5.38. The summed E-state index contributed by atoms with van der Waals surface area (Å²) in [6.07, 6.45) is 2.62. The molecular weight excluding hydrogens is 355 g/mol. The van der Waals surface area contributed by atoms with E-state index in [0.717, 1.165) is 12.0 Å². The van der Waals surface area contributed by atoms with Crippen LogP contribution in [0.2, 0.25) is 0 Å². The largest absolute Gasteiger partial charge is 0.352 e. The van der Waals surface area contributed by atoms with Gasteiger partial charge in [0.2, 0.25) is 11.8 Å². The summed E-state index contributed by atoms with van der Waals surface area (Å²) in [5.41, 5.74) is 2.64. The Bertz CT molecular complexity index is 815. The van der Waals surface area contributed by atoms with Crippen molar-refractivity contribution in [1.82, 2.24) is 10.2 Å². The number of hydrogen-bond donors (Lipinski definition) is 1. The van der Waals surface area contributed by atoms with E-state index in [1.807, 2.05) is 35.2 Å². The summed E-state index contributed by atoms with van der Waals surface area (Å²) in [7, 11) is 0. The summed E-state index contributed by atoms with van der Waals surface area (Å²) in [5.74, 6) is -0.137. The van der Waals surface area contributed by atoms with Gasteiger partial charge in [0.05, 0.1) is 0 Å². The van der Waals surface area contributed by atoms with E-state index >= 15 is 0 Å². The predicted octanol–water partition coefficient (Wildman–Crippen LogP) is 3.62. The van der Waals surface area contributed by atoms with E-state index in [2.05, 4.69) is 5.32 Å². The first kappa shape index (κ1) is 20.1. The van der Waals surface area contributed by atoms with Crippen molar-refractivity contribution in [2.75, 3.05) is 13.1 Å². The van der Waals surface area contributed by atoms with Crippen molar-refractivity contribution in [2.24, 2.45) is 5.92 Å². The zero-order valence-corrected chi connectivity index (χ0v) is 16.3. The van der Waals surface area contributed by atoms with Gasteiger partial charge in [0.15, 0.2) is 0 Å². The molecule has 5 heteroatoms. The summed E-state index contributed by atoms with van der Waals surface area (Å²) in [4.78, 5) is 26.7. The van der Waals surface area contributed by atoms with Crippen LogP contribution in [0.25, 0.3) is 0 Å². The Labute approximate surface area is 165 Å². The Kier molecular flexibility index (Phi) is 6.80. The molecule has 0 bridgehead atoms. The number of nitrogens with zero attached hydrogens (tertiary/aromatic N) is 1. The second-order valence-electron chi connectivity index (χ2n) is 7.44. The number of rotatable bonds is 6. The van der Waals surface area contributed by atoms with Crippen molar-refractivity contribution in [1.29, 1.82) is 0 Å². The molecule has 0 spiro atoms. The number of piperidine rings is 1. The van der Waals surface area contributed by atoms with Crippen LogP contribution in [-0.2, 0) is 22.6 Å². The molecular formula is C23H27FN2O2. The van der Waals surface area contributed by atoms with Crippen molar-refractivity contribution in [2.45, 2.75) is 39.2 Å². The van der Waals surface area contributed by atoms with E-state index in [0.29, 0.717) is 44.5 Å². The lowest BCUT2D eigenvalue weighted by Gasteiger charge is -2.31. The molecule has 1 saturated heterocycles. The van der Waals surface area contributed by atoms with Crippen LogP contribution in [0.4, 0.5) is 4.39 Å². The number of halogens is 1. The molecule has 2 aromatic rings. The first-order valence-corrected chi connectivity index (χ1v) is 9.87. The third kappa shape index (κ3) is 5.41. The van der Waals surface area contributed by atoms with Gasteiger partial charge >= 0.3 is 0 Å². The highest BCUT2D eigenvalue weighted by Crippen LogP contribution is 2.19. The van der Waals surface area contributed by atoms with Gasteiger partial charge in [-0.2, -0.15) is 0 Å². The van der Waals surface area contributed by atoms with Crippen molar-refractivity contribution in [3.63, 3.8) is 0 Å². The van der Waals surface area contributed by atoms with Crippen LogP contribution in [0, 0.1) is 18.7 Å². The van der Waals surface area contributed by atoms with Gasteiger partial charge in [0.1, 0.15) is 5.82 Å². The molecule has 0 saturated carbocycles. The minimum atomic E-state index is -0.237. The van der Waals surface area contributed by atoms with Crippen molar-refractivity contribution < 1.29 is 14.0 Å². The van der Waals surface area contributed by atoms with Gasteiger partial charge < -0.3 is 10.2 Å². The van der Waals surface area contributed by atoms with Crippen LogP contribution < -0.4 is 5.32 Å². The zero-order valence-electron chi connectivity index (χ0n) is 16.3. The standard InChI is InChI=1S/C23H27FN2O2/c1-17-15-19(7-9-21(17)24)16-25-23(28)20-11-13-26(14-12-20)22(27)10-8-18-5-3-2-4-6-18/h2-7,9,15,20H,8,10-14,16H2,1H3,(H,25,28). The number of hydrogen-bond acceptors (Lipinski definition) is 2. The van der Waals surface area contributed by atoms with Crippen molar-refractivity contribution in [3.8, 4) is 0 Å². The van der Waals surface area contributed by atoms with Crippen LogP contribution >= 0.6 is 0 Å². The van der Waals surface area contributed by atoms with Crippen LogP contribution in [0.5, 0.6) is 0 Å². The molecule has 1 aliphatic rings. The van der Waals surface area contributed by atoms with Gasteiger partial charge in [-0.25, -0.2) is 4.39 Å². The maximum atomic E-state index is 13.3. The van der Waals surface area contributed by atoms with Gasteiger partial charge in [-0.3, -0.25) is 9.59 Å². The molecule has 0 radical (unpaired) electrons. The van der Waals surface area contributed by atoms with Crippen molar-refractivity contribution in [3.05, 3.63) is 71.0 Å². The molecule has 2 aromatic carbocycles. The minimum Gasteiger partial charge on any atom is -0.352 e. The van der Waals surface area contributed by atoms with E-state index < -0.39 is 0 Å². The maximum absolute atomic E-state index is 13.3. The van der Waals surface area contributed by atoms with Crippen LogP contribution in [0.1, 0.15) is 36.0 Å². The lowest BCUT2D eigenvalue weighted by atomic mass is 9.95. The normalized spacial score (nSPS) is 14.7. The summed E-state index contributed by atoms with van der Waals surface area (Å²) < 4.78 is 13.3. The van der Waals surface area contributed by atoms with Gasteiger partial charge in [-0.15, -0.1) is 0 Å². The van der Waals surface area contributed by atoms with E-state index in [1.54, 1.807) is 19.1 Å². The molecule has 2 amide bonds. The Balaban J connectivity index is 1.40. The molecule has 1 N–H and O–H groups in total. The topological polar surface area (TPSA) is 49.4 Å². The second kappa shape index (κ2) is 9.49. The smallest absolute Gasteiger partial charge is 0.223 e. The Morgan fingerprint density at radius 2 is 1.79 bits per heavy atom. The third-order valence-electron chi connectivity index (χ3n) is 5.38. The Morgan fingerprint density at radius 1 is 1.07 bits per heavy atom. The molecule has 28 heavy (non-hydrogen) atoms. The fourth-order valence-electron chi connectivity index (χ4n) is 3.60. The van der Waals surface area contributed by atoms with Gasteiger partial charge in [0.25, 0.3) is 0 Å². The number of carbonyl (C=O) groups excluding carboxylic acids is 2. The number of carbonyl (C=O) groups is 2. The van der Waals surface area contributed by atoms with E-state index in [9.17, 15) is 14.0 Å². The number of nitrogens with one attached hydrogen (secondary N) is 1. The molecule has 0 aliphatic carbocycles. The molecule has 1 heterocycles. The molecule has 1 aliphatic heterocycles. The molecule has 3 rings (SSSR count). The minimum absolute atomic E-state index is 0.0124. The van der Waals surface area contributed by atoms with Crippen LogP contribution in [0.15, 0.2) is 48.5 Å². The van der Waals surface area contributed by atoms with Crippen LogP contribution in [0.3, 0.4) is 0 Å². The highest BCUT2D eigenvalue weighted by atomic mass is 19.1. The SMILES string of the molecule is Cc1cc(CNC(=O)C2CCN(C(=O)CCc3ccccc3)CC2)ccc1F. The zero-order chi connectivity index (χ0) is 19.9. The average molecular weight is 382 g/mol. The van der Waals surface area contributed by atoms with Gasteiger partial charge in [-0.05, 0) is 48.9 Å². The summed E-state index contributed by atoms with van der Waals surface area (Å²) >= 11 is 0. The maximum Gasteiger partial charge on any atom is 0.223 e. The van der Waals surface area contributed by atoms with Crippen LogP contribution in [-0.4, -0.2) is 29.8 Å². The Hall–Kier alpha value is -2.69.